The van der Waals surface area contributed by atoms with Gasteiger partial charge in [0.25, 0.3) is 5.91 Å². The van der Waals surface area contributed by atoms with Gasteiger partial charge < -0.3 is 16.0 Å². The van der Waals surface area contributed by atoms with Crippen LogP contribution in [-0.2, 0) is 0 Å². The third-order valence-corrected chi connectivity index (χ3v) is 4.69. The van der Waals surface area contributed by atoms with Gasteiger partial charge in [-0.2, -0.15) is 0 Å². The predicted octanol–water partition coefficient (Wildman–Crippen LogP) is 1.91. The number of carbonyl (C=O) groups excluding carboxylic acids is 1. The first-order valence-corrected chi connectivity index (χ1v) is 9.20. The van der Waals surface area contributed by atoms with Crippen LogP contribution in [0.1, 0.15) is 23.2 Å². The summed E-state index contributed by atoms with van der Waals surface area (Å²) in [6.07, 6.45) is 8.61. The second-order valence-corrected chi connectivity index (χ2v) is 6.71. The molecule has 3 aromatic rings. The highest BCUT2D eigenvalue weighted by Crippen LogP contribution is 2.19. The number of hydrogen-bond donors (Lipinski definition) is 2. The Balaban J connectivity index is 1.46. The number of anilines is 2. The summed E-state index contributed by atoms with van der Waals surface area (Å²) in [6, 6.07) is 8.94. The Labute approximate surface area is 162 Å². The molecule has 1 aliphatic rings. The highest BCUT2D eigenvalue weighted by atomic mass is 16.1. The minimum Gasteiger partial charge on any atom is -0.384 e. The molecule has 1 atom stereocenters. The summed E-state index contributed by atoms with van der Waals surface area (Å²) in [7, 11) is 0. The van der Waals surface area contributed by atoms with Gasteiger partial charge in [0.05, 0.1) is 6.20 Å². The van der Waals surface area contributed by atoms with E-state index in [0.29, 0.717) is 23.8 Å². The Morgan fingerprint density at radius 2 is 2.11 bits per heavy atom. The van der Waals surface area contributed by atoms with E-state index >= 15 is 0 Å². The van der Waals surface area contributed by atoms with Crippen LogP contribution in [0.3, 0.4) is 0 Å². The summed E-state index contributed by atoms with van der Waals surface area (Å²) in [5.41, 5.74) is 7.06. The molecule has 142 valence electrons. The third-order valence-electron chi connectivity index (χ3n) is 4.69. The van der Waals surface area contributed by atoms with Gasteiger partial charge >= 0.3 is 0 Å². The van der Waals surface area contributed by atoms with Crippen LogP contribution >= 0.6 is 0 Å². The summed E-state index contributed by atoms with van der Waals surface area (Å²) >= 11 is 0. The lowest BCUT2D eigenvalue weighted by molar-refractivity contribution is 0.0933. The van der Waals surface area contributed by atoms with Gasteiger partial charge in [0, 0.05) is 48.8 Å². The molecule has 8 nitrogen and oxygen atoms in total. The fourth-order valence-electron chi connectivity index (χ4n) is 3.34. The summed E-state index contributed by atoms with van der Waals surface area (Å²) in [5.74, 6) is 1.62. The van der Waals surface area contributed by atoms with E-state index in [1.807, 2.05) is 12.1 Å². The van der Waals surface area contributed by atoms with Crippen molar-refractivity contribution in [3.8, 4) is 11.4 Å². The molecule has 1 fully saturated rings. The molecule has 1 saturated heterocycles. The normalized spacial score (nSPS) is 16.6. The standard InChI is InChI=1S/C20H21N7O/c21-17-6-7-24-19(26-17)14-3-1-4-15(11-14)20(28)25-16-5-2-10-27(13-16)18-12-22-8-9-23-18/h1,3-4,6-9,11-12,16H,2,5,10,13H2,(H,25,28)(H2,21,24,26). The number of hydrogen-bond acceptors (Lipinski definition) is 7. The number of rotatable bonds is 4. The van der Waals surface area contributed by atoms with Crippen LogP contribution in [0, 0.1) is 0 Å². The quantitative estimate of drug-likeness (QED) is 0.717. The first-order chi connectivity index (χ1) is 13.7. The van der Waals surface area contributed by atoms with Crippen LogP contribution in [0.25, 0.3) is 11.4 Å². The van der Waals surface area contributed by atoms with Crippen molar-refractivity contribution in [2.45, 2.75) is 18.9 Å². The van der Waals surface area contributed by atoms with Crippen LogP contribution < -0.4 is 16.0 Å². The van der Waals surface area contributed by atoms with Gasteiger partial charge in [-0.05, 0) is 31.0 Å². The van der Waals surface area contributed by atoms with Gasteiger partial charge in [0.2, 0.25) is 0 Å². The lowest BCUT2D eigenvalue weighted by Gasteiger charge is -2.33. The molecule has 1 unspecified atom stereocenters. The zero-order valence-electron chi connectivity index (χ0n) is 15.3. The van der Waals surface area contributed by atoms with Crippen LogP contribution in [0.2, 0.25) is 0 Å². The van der Waals surface area contributed by atoms with E-state index in [-0.39, 0.29) is 11.9 Å². The zero-order valence-corrected chi connectivity index (χ0v) is 15.3. The van der Waals surface area contributed by atoms with Crippen LogP contribution in [0.5, 0.6) is 0 Å². The van der Waals surface area contributed by atoms with Gasteiger partial charge in [0.1, 0.15) is 11.6 Å². The molecule has 0 spiro atoms. The van der Waals surface area contributed by atoms with Crippen molar-refractivity contribution >= 4 is 17.5 Å². The van der Waals surface area contributed by atoms with Crippen molar-refractivity contribution in [3.63, 3.8) is 0 Å². The second-order valence-electron chi connectivity index (χ2n) is 6.71. The number of nitrogen functional groups attached to an aromatic ring is 1. The van der Waals surface area contributed by atoms with Gasteiger partial charge in [-0.25, -0.2) is 15.0 Å². The number of piperidine rings is 1. The Morgan fingerprint density at radius 3 is 2.93 bits per heavy atom. The van der Waals surface area contributed by atoms with Crippen molar-refractivity contribution in [2.24, 2.45) is 0 Å². The first-order valence-electron chi connectivity index (χ1n) is 9.20. The summed E-state index contributed by atoms with van der Waals surface area (Å²) in [4.78, 5) is 31.9. The summed E-state index contributed by atoms with van der Waals surface area (Å²) < 4.78 is 0. The number of benzene rings is 1. The molecular weight excluding hydrogens is 354 g/mol. The molecule has 0 bridgehead atoms. The number of amides is 1. The molecule has 3 N–H and O–H groups in total. The van der Waals surface area contributed by atoms with Crippen molar-refractivity contribution in [1.82, 2.24) is 25.3 Å². The molecule has 3 heterocycles. The second kappa shape index (κ2) is 7.99. The van der Waals surface area contributed by atoms with Gasteiger partial charge in [-0.15, -0.1) is 0 Å². The lowest BCUT2D eigenvalue weighted by Crippen LogP contribution is -2.48. The average Bonchev–Trinajstić information content (AvgIpc) is 2.75. The molecule has 1 amide bonds. The third kappa shape index (κ3) is 4.06. The molecule has 1 aromatic carbocycles. The number of nitrogens with one attached hydrogen (secondary N) is 1. The van der Waals surface area contributed by atoms with Crippen LogP contribution in [0.15, 0.2) is 55.1 Å². The van der Waals surface area contributed by atoms with Crippen molar-refractivity contribution < 1.29 is 4.79 Å². The SMILES string of the molecule is Nc1ccnc(-c2cccc(C(=O)NC3CCCN(c4cnccn4)C3)c2)n1. The monoisotopic (exact) mass is 375 g/mol. The highest BCUT2D eigenvalue weighted by molar-refractivity contribution is 5.95. The van der Waals surface area contributed by atoms with Gasteiger partial charge in [-0.1, -0.05) is 12.1 Å². The Bertz CT molecular complexity index is 964. The number of carbonyl (C=O) groups is 1. The highest BCUT2D eigenvalue weighted by Gasteiger charge is 2.23. The Kier molecular flexibility index (Phi) is 5.09. The van der Waals surface area contributed by atoms with E-state index < -0.39 is 0 Å². The zero-order chi connectivity index (χ0) is 19.3. The molecule has 28 heavy (non-hydrogen) atoms. The van der Waals surface area contributed by atoms with Gasteiger partial charge in [0.15, 0.2) is 5.82 Å². The Morgan fingerprint density at radius 1 is 1.18 bits per heavy atom. The number of nitrogens with two attached hydrogens (primary N) is 1. The fourth-order valence-corrected chi connectivity index (χ4v) is 3.34. The largest absolute Gasteiger partial charge is 0.384 e. The van der Waals surface area contributed by atoms with E-state index in [4.69, 9.17) is 5.73 Å². The molecule has 8 heteroatoms. The number of nitrogens with zero attached hydrogens (tertiary/aromatic N) is 5. The van der Waals surface area contributed by atoms with Gasteiger partial charge in [-0.3, -0.25) is 9.78 Å². The van der Waals surface area contributed by atoms with E-state index in [9.17, 15) is 4.79 Å². The molecule has 0 saturated carbocycles. The topological polar surface area (TPSA) is 110 Å². The van der Waals surface area contributed by atoms with E-state index in [0.717, 1.165) is 30.8 Å². The number of aromatic nitrogens is 4. The lowest BCUT2D eigenvalue weighted by atomic mass is 10.0. The molecule has 2 aromatic heterocycles. The smallest absolute Gasteiger partial charge is 0.251 e. The maximum absolute atomic E-state index is 12.8. The van der Waals surface area contributed by atoms with Crippen LogP contribution in [0.4, 0.5) is 11.6 Å². The maximum Gasteiger partial charge on any atom is 0.251 e. The van der Waals surface area contributed by atoms with Crippen molar-refractivity contribution in [3.05, 3.63) is 60.7 Å². The van der Waals surface area contributed by atoms with Crippen molar-refractivity contribution in [1.29, 1.82) is 0 Å². The van der Waals surface area contributed by atoms with E-state index in [1.54, 1.807) is 43.0 Å². The molecular formula is C20H21N7O. The minimum atomic E-state index is -0.114. The van der Waals surface area contributed by atoms with Crippen LogP contribution in [-0.4, -0.2) is 45.0 Å². The average molecular weight is 375 g/mol. The molecule has 4 rings (SSSR count). The summed E-state index contributed by atoms with van der Waals surface area (Å²) in [5, 5.41) is 3.13. The Hall–Kier alpha value is -3.55. The molecule has 0 aliphatic carbocycles. The predicted molar refractivity (Wildman–Crippen MR) is 107 cm³/mol. The minimum absolute atomic E-state index is 0.0514. The van der Waals surface area contributed by atoms with E-state index in [2.05, 4.69) is 30.2 Å². The fraction of sp³-hybridized carbons (Fsp3) is 0.250. The van der Waals surface area contributed by atoms with Crippen molar-refractivity contribution in [2.75, 3.05) is 23.7 Å². The first kappa shape index (κ1) is 17.8. The maximum atomic E-state index is 12.8. The van der Waals surface area contributed by atoms with E-state index in [1.165, 1.54) is 0 Å². The molecule has 1 aliphatic heterocycles. The molecule has 0 radical (unpaired) electrons. The summed E-state index contributed by atoms with van der Waals surface area (Å²) in [6.45, 7) is 1.62.